The van der Waals surface area contributed by atoms with Gasteiger partial charge in [-0.2, -0.15) is 0 Å². The van der Waals surface area contributed by atoms with Crippen LogP contribution in [0.2, 0.25) is 0 Å². The average Bonchev–Trinajstić information content (AvgIpc) is 2.14. The van der Waals surface area contributed by atoms with E-state index in [1.165, 1.54) is 0 Å². The second kappa shape index (κ2) is 4.77. The minimum Gasteiger partial charge on any atom is -0.496 e. The number of rotatable bonds is 4. The van der Waals surface area contributed by atoms with Crippen LogP contribution in [-0.4, -0.2) is 35.3 Å². The maximum atomic E-state index is 9.33. The summed E-state index contributed by atoms with van der Waals surface area (Å²) >= 11 is 0. The summed E-state index contributed by atoms with van der Waals surface area (Å²) in [6.07, 6.45) is 4.07. The number of ether oxygens (including phenoxy) is 2. The van der Waals surface area contributed by atoms with E-state index in [-0.39, 0.29) is 18.6 Å². The molecule has 0 aliphatic carbocycles. The van der Waals surface area contributed by atoms with Gasteiger partial charge in [-0.3, -0.25) is 0 Å². The molecule has 4 heteroatoms. The topological polar surface area (TPSA) is 58.9 Å². The van der Waals surface area contributed by atoms with Gasteiger partial charge < -0.3 is 19.7 Å². The van der Waals surface area contributed by atoms with Crippen LogP contribution in [-0.2, 0) is 9.47 Å². The Hall–Kier alpha value is -0.580. The zero-order chi connectivity index (χ0) is 10.6. The van der Waals surface area contributed by atoms with E-state index in [2.05, 4.69) is 0 Å². The normalized spacial score (nSPS) is 27.4. The first-order valence-corrected chi connectivity index (χ1v) is 4.80. The van der Waals surface area contributed by atoms with Crippen molar-refractivity contribution in [2.45, 2.75) is 32.2 Å². The molecule has 2 atom stereocenters. The van der Waals surface area contributed by atoms with Crippen LogP contribution in [0.4, 0.5) is 0 Å². The minimum absolute atomic E-state index is 0.0800. The van der Waals surface area contributed by atoms with Gasteiger partial charge >= 0.3 is 0 Å². The van der Waals surface area contributed by atoms with Crippen LogP contribution in [0.3, 0.4) is 0 Å². The fourth-order valence-electron chi connectivity index (χ4n) is 1.28. The summed E-state index contributed by atoms with van der Waals surface area (Å²) in [5, 5.41) is 18.3. The van der Waals surface area contributed by atoms with E-state index in [1.54, 1.807) is 20.1 Å². The van der Waals surface area contributed by atoms with Gasteiger partial charge in [0.2, 0.25) is 0 Å². The first kappa shape index (κ1) is 11.5. The predicted octanol–water partition coefficient (Wildman–Crippen LogP) is 0.642. The van der Waals surface area contributed by atoms with E-state index in [1.807, 2.05) is 6.08 Å². The lowest BCUT2D eigenvalue weighted by atomic mass is 10.0. The van der Waals surface area contributed by atoms with Crippen molar-refractivity contribution < 1.29 is 19.7 Å². The molecule has 1 aliphatic rings. The maximum absolute atomic E-state index is 9.33. The monoisotopic (exact) mass is 202 g/mol. The number of aliphatic hydroxyl groups excluding tert-OH is 1. The smallest absolute Gasteiger partial charge is 0.159 e. The third-order valence-electron chi connectivity index (χ3n) is 2.04. The van der Waals surface area contributed by atoms with Gasteiger partial charge in [-0.1, -0.05) is 0 Å². The summed E-state index contributed by atoms with van der Waals surface area (Å²) in [7, 11) is 0. The molecule has 82 valence electrons. The van der Waals surface area contributed by atoms with Crippen molar-refractivity contribution in [3.8, 4) is 0 Å². The molecule has 1 aliphatic heterocycles. The Morgan fingerprint density at radius 2 is 2.29 bits per heavy atom. The van der Waals surface area contributed by atoms with E-state index in [0.29, 0.717) is 6.61 Å². The summed E-state index contributed by atoms with van der Waals surface area (Å²) in [5.74, 6) is -0.988. The molecule has 0 bridgehead atoms. The lowest BCUT2D eigenvalue weighted by molar-refractivity contribution is -0.192. The van der Waals surface area contributed by atoms with Gasteiger partial charge in [0.15, 0.2) is 5.79 Å². The molecule has 1 rings (SSSR count). The Morgan fingerprint density at radius 1 is 1.57 bits per heavy atom. The second-order valence-electron chi connectivity index (χ2n) is 4.02. The zero-order valence-electron chi connectivity index (χ0n) is 8.64. The molecule has 0 aromatic rings. The Kier molecular flexibility index (Phi) is 3.92. The van der Waals surface area contributed by atoms with Gasteiger partial charge in [-0.15, -0.1) is 0 Å². The summed E-state index contributed by atoms with van der Waals surface area (Å²) in [6, 6.07) is 0. The highest BCUT2D eigenvalue weighted by Gasteiger charge is 2.22. The second-order valence-corrected chi connectivity index (χ2v) is 4.02. The van der Waals surface area contributed by atoms with Crippen molar-refractivity contribution in [2.75, 3.05) is 13.2 Å². The number of hydrogen-bond acceptors (Lipinski definition) is 4. The maximum Gasteiger partial charge on any atom is 0.159 e. The van der Waals surface area contributed by atoms with Gasteiger partial charge in [0, 0.05) is 12.5 Å². The van der Waals surface area contributed by atoms with Gasteiger partial charge in [0.05, 0.1) is 12.9 Å². The van der Waals surface area contributed by atoms with Crippen LogP contribution >= 0.6 is 0 Å². The van der Waals surface area contributed by atoms with Crippen molar-refractivity contribution in [3.05, 3.63) is 12.3 Å². The summed E-state index contributed by atoms with van der Waals surface area (Å²) in [6.45, 7) is 3.62. The zero-order valence-corrected chi connectivity index (χ0v) is 8.64. The average molecular weight is 202 g/mol. The fraction of sp³-hybridized carbons (Fsp3) is 0.800. The lowest BCUT2D eigenvalue weighted by Crippen LogP contribution is -2.32. The molecule has 0 saturated carbocycles. The minimum atomic E-state index is -1.13. The largest absolute Gasteiger partial charge is 0.496 e. The predicted molar refractivity (Wildman–Crippen MR) is 51.5 cm³/mol. The first-order chi connectivity index (χ1) is 6.51. The highest BCUT2D eigenvalue weighted by atomic mass is 16.6. The molecule has 0 amide bonds. The molecule has 0 radical (unpaired) electrons. The van der Waals surface area contributed by atoms with Gasteiger partial charge in [-0.05, 0) is 26.3 Å². The summed E-state index contributed by atoms with van der Waals surface area (Å²) < 4.78 is 10.5. The van der Waals surface area contributed by atoms with Crippen LogP contribution < -0.4 is 0 Å². The van der Waals surface area contributed by atoms with E-state index in [0.717, 1.165) is 6.42 Å². The van der Waals surface area contributed by atoms with Crippen LogP contribution in [0.1, 0.15) is 20.3 Å². The van der Waals surface area contributed by atoms with Gasteiger partial charge in [0.1, 0.15) is 6.10 Å². The summed E-state index contributed by atoms with van der Waals surface area (Å²) in [4.78, 5) is 0. The Balaban J connectivity index is 2.30. The molecule has 1 heterocycles. The molecule has 0 aromatic carbocycles. The molecular formula is C10H18O4. The highest BCUT2D eigenvalue weighted by Crippen LogP contribution is 2.18. The molecule has 0 fully saturated rings. The van der Waals surface area contributed by atoms with Crippen molar-refractivity contribution in [1.82, 2.24) is 0 Å². The van der Waals surface area contributed by atoms with Crippen molar-refractivity contribution in [1.29, 1.82) is 0 Å². The SMILES string of the molecule is CC(C)(O)OCC1C[C@H](CO)C=CO1. The van der Waals surface area contributed by atoms with E-state index in [4.69, 9.17) is 14.6 Å². The third kappa shape index (κ3) is 4.09. The molecule has 2 N–H and O–H groups in total. The summed E-state index contributed by atoms with van der Waals surface area (Å²) in [5.41, 5.74) is 0. The lowest BCUT2D eigenvalue weighted by Gasteiger charge is -2.27. The number of hydrogen-bond donors (Lipinski definition) is 2. The van der Waals surface area contributed by atoms with E-state index >= 15 is 0 Å². The third-order valence-corrected chi connectivity index (χ3v) is 2.04. The van der Waals surface area contributed by atoms with Crippen LogP contribution in [0.15, 0.2) is 12.3 Å². The van der Waals surface area contributed by atoms with Crippen molar-refractivity contribution in [2.24, 2.45) is 5.92 Å². The molecular weight excluding hydrogens is 184 g/mol. The van der Waals surface area contributed by atoms with Crippen LogP contribution in [0.25, 0.3) is 0 Å². The van der Waals surface area contributed by atoms with Gasteiger partial charge in [0.25, 0.3) is 0 Å². The quantitative estimate of drug-likeness (QED) is 0.657. The Morgan fingerprint density at radius 3 is 2.86 bits per heavy atom. The van der Waals surface area contributed by atoms with Crippen molar-refractivity contribution >= 4 is 0 Å². The molecule has 14 heavy (non-hydrogen) atoms. The van der Waals surface area contributed by atoms with Crippen LogP contribution in [0.5, 0.6) is 0 Å². The highest BCUT2D eigenvalue weighted by molar-refractivity contribution is 4.90. The fourth-order valence-corrected chi connectivity index (χ4v) is 1.28. The Labute approximate surface area is 84.1 Å². The molecule has 0 spiro atoms. The van der Waals surface area contributed by atoms with Gasteiger partial charge in [-0.25, -0.2) is 0 Å². The Bertz CT molecular complexity index is 195. The number of aliphatic hydroxyl groups is 2. The molecule has 4 nitrogen and oxygen atoms in total. The van der Waals surface area contributed by atoms with Crippen LogP contribution in [0, 0.1) is 5.92 Å². The van der Waals surface area contributed by atoms with Crippen molar-refractivity contribution in [3.63, 3.8) is 0 Å². The first-order valence-electron chi connectivity index (χ1n) is 4.80. The van der Waals surface area contributed by atoms with E-state index in [9.17, 15) is 5.11 Å². The standard InChI is InChI=1S/C10H18O4/c1-10(2,12)14-7-9-5-8(6-11)3-4-13-9/h3-4,8-9,11-12H,5-7H2,1-2H3/t8-,9?/m1/s1. The molecule has 1 unspecified atom stereocenters. The molecule has 0 aromatic heterocycles. The van der Waals surface area contributed by atoms with E-state index < -0.39 is 5.79 Å². The molecule has 0 saturated heterocycles.